The third-order valence-electron chi connectivity index (χ3n) is 2.21. The topological polar surface area (TPSA) is 62.0 Å². The number of benzene rings is 1. The first-order valence-electron chi connectivity index (χ1n) is 4.93. The second kappa shape index (κ2) is 5.14. The average molecular weight is 303 g/mol. The number of rotatable bonds is 2. The minimum Gasteiger partial charge on any atom is -0.321 e. The van der Waals surface area contributed by atoms with E-state index in [0.717, 1.165) is 11.3 Å². The van der Waals surface area contributed by atoms with Crippen molar-refractivity contribution in [2.24, 2.45) is 0 Å². The lowest BCUT2D eigenvalue weighted by Crippen LogP contribution is -2.11. The number of hydrogen-bond acceptors (Lipinski definition) is 3. The molecule has 0 spiro atoms. The number of thiazole rings is 1. The molecule has 2 N–H and O–H groups in total. The lowest BCUT2D eigenvalue weighted by Gasteiger charge is -2.05. The number of carbonyl (C=O) groups is 1. The molecule has 0 fully saturated rings. The van der Waals surface area contributed by atoms with E-state index in [9.17, 15) is 9.59 Å². The Bertz CT molecular complexity index is 663. The van der Waals surface area contributed by atoms with Crippen LogP contribution in [0.25, 0.3) is 0 Å². The minimum atomic E-state index is -0.353. The van der Waals surface area contributed by atoms with Crippen molar-refractivity contribution in [1.82, 2.24) is 4.98 Å². The van der Waals surface area contributed by atoms with Crippen LogP contribution in [-0.2, 0) is 0 Å². The zero-order valence-corrected chi connectivity index (χ0v) is 11.5. The molecule has 0 saturated heterocycles. The smallest absolute Gasteiger partial charge is 0.305 e. The van der Waals surface area contributed by atoms with E-state index in [1.54, 1.807) is 25.1 Å². The van der Waals surface area contributed by atoms with Crippen LogP contribution in [0.15, 0.2) is 23.0 Å². The SMILES string of the molecule is Cc1[nH]c(=O)sc1C(=O)Nc1ccc(Cl)c(Cl)c1. The van der Waals surface area contributed by atoms with Gasteiger partial charge in [-0.2, -0.15) is 0 Å². The fourth-order valence-electron chi connectivity index (χ4n) is 1.38. The minimum absolute atomic E-state index is 0.258. The maximum absolute atomic E-state index is 11.9. The summed E-state index contributed by atoms with van der Waals surface area (Å²) in [6.07, 6.45) is 0. The molecule has 0 aliphatic carbocycles. The maximum atomic E-state index is 11.9. The molecule has 94 valence electrons. The van der Waals surface area contributed by atoms with Gasteiger partial charge in [0.25, 0.3) is 5.91 Å². The number of aromatic nitrogens is 1. The zero-order chi connectivity index (χ0) is 13.3. The van der Waals surface area contributed by atoms with Gasteiger partial charge in [-0.05, 0) is 25.1 Å². The van der Waals surface area contributed by atoms with Gasteiger partial charge in [0.2, 0.25) is 0 Å². The summed E-state index contributed by atoms with van der Waals surface area (Å²) in [5.74, 6) is -0.353. The summed E-state index contributed by atoms with van der Waals surface area (Å²) in [4.78, 5) is 25.7. The molecule has 2 rings (SSSR count). The first-order chi connectivity index (χ1) is 8.47. The highest BCUT2D eigenvalue weighted by Crippen LogP contribution is 2.25. The molecule has 7 heteroatoms. The molecule has 0 unspecified atom stereocenters. The predicted molar refractivity (Wildman–Crippen MR) is 74.1 cm³/mol. The number of H-pyrrole nitrogens is 1. The van der Waals surface area contributed by atoms with Gasteiger partial charge in [0, 0.05) is 11.4 Å². The Morgan fingerprint density at radius 2 is 2.06 bits per heavy atom. The Balaban J connectivity index is 2.24. The monoisotopic (exact) mass is 302 g/mol. The van der Waals surface area contributed by atoms with E-state index in [2.05, 4.69) is 10.3 Å². The first kappa shape index (κ1) is 13.1. The van der Waals surface area contributed by atoms with Gasteiger partial charge in [-0.15, -0.1) is 0 Å². The normalized spacial score (nSPS) is 10.4. The van der Waals surface area contributed by atoms with Gasteiger partial charge in [-0.25, -0.2) is 0 Å². The van der Waals surface area contributed by atoms with Crippen molar-refractivity contribution < 1.29 is 4.79 Å². The van der Waals surface area contributed by atoms with Crippen LogP contribution < -0.4 is 10.2 Å². The molecule has 0 aliphatic rings. The summed E-state index contributed by atoms with van der Waals surface area (Å²) < 4.78 is 0. The van der Waals surface area contributed by atoms with Gasteiger partial charge in [0.1, 0.15) is 4.88 Å². The predicted octanol–water partition coefficient (Wildman–Crippen LogP) is 3.30. The fourth-order valence-corrected chi connectivity index (χ4v) is 2.42. The Morgan fingerprint density at radius 3 is 2.61 bits per heavy atom. The molecule has 1 aromatic heterocycles. The second-order valence-corrected chi connectivity index (χ2v) is 5.35. The van der Waals surface area contributed by atoms with Crippen molar-refractivity contribution in [3.63, 3.8) is 0 Å². The molecule has 0 bridgehead atoms. The largest absolute Gasteiger partial charge is 0.321 e. The number of halogens is 2. The number of aromatic amines is 1. The quantitative estimate of drug-likeness (QED) is 0.894. The van der Waals surface area contributed by atoms with E-state index in [-0.39, 0.29) is 10.8 Å². The van der Waals surface area contributed by atoms with E-state index in [4.69, 9.17) is 23.2 Å². The standard InChI is InChI=1S/C11H8Cl2N2O2S/c1-5-9(18-11(17)14-5)10(16)15-6-2-3-7(12)8(13)4-6/h2-4H,1H3,(H,14,17)(H,15,16). The second-order valence-electron chi connectivity index (χ2n) is 3.55. The molecule has 2 aromatic rings. The number of aryl methyl sites for hydroxylation is 1. The molecular weight excluding hydrogens is 295 g/mol. The molecule has 0 aliphatic heterocycles. The van der Waals surface area contributed by atoms with Crippen LogP contribution in [0.3, 0.4) is 0 Å². The van der Waals surface area contributed by atoms with Crippen LogP contribution >= 0.6 is 34.5 Å². The van der Waals surface area contributed by atoms with Gasteiger partial charge < -0.3 is 10.3 Å². The molecule has 18 heavy (non-hydrogen) atoms. The van der Waals surface area contributed by atoms with Crippen LogP contribution in [0, 0.1) is 6.92 Å². The molecule has 1 amide bonds. The van der Waals surface area contributed by atoms with Crippen LogP contribution in [0.4, 0.5) is 5.69 Å². The van der Waals surface area contributed by atoms with Crippen molar-refractivity contribution in [3.05, 3.63) is 48.5 Å². The summed E-state index contributed by atoms with van der Waals surface area (Å²) in [6, 6.07) is 4.77. The summed E-state index contributed by atoms with van der Waals surface area (Å²) in [6.45, 7) is 1.67. The number of anilines is 1. The lowest BCUT2D eigenvalue weighted by atomic mass is 10.3. The van der Waals surface area contributed by atoms with Crippen LogP contribution in [-0.4, -0.2) is 10.9 Å². The maximum Gasteiger partial charge on any atom is 0.305 e. The van der Waals surface area contributed by atoms with Gasteiger partial charge in [-0.3, -0.25) is 9.59 Å². The van der Waals surface area contributed by atoms with Crippen LogP contribution in [0.1, 0.15) is 15.4 Å². The third kappa shape index (κ3) is 2.75. The Labute approximate surface area is 117 Å². The molecule has 1 heterocycles. The molecule has 0 atom stereocenters. The molecule has 4 nitrogen and oxygen atoms in total. The molecular formula is C11H8Cl2N2O2S. The third-order valence-corrected chi connectivity index (χ3v) is 3.93. The van der Waals surface area contributed by atoms with E-state index >= 15 is 0 Å². The fraction of sp³-hybridized carbons (Fsp3) is 0.0909. The average Bonchev–Trinajstić information content (AvgIpc) is 2.63. The van der Waals surface area contributed by atoms with Crippen molar-refractivity contribution >= 4 is 46.1 Å². The Morgan fingerprint density at radius 1 is 1.33 bits per heavy atom. The highest BCUT2D eigenvalue weighted by Gasteiger charge is 2.13. The highest BCUT2D eigenvalue weighted by molar-refractivity contribution is 7.11. The summed E-state index contributed by atoms with van der Waals surface area (Å²) >= 11 is 12.5. The summed E-state index contributed by atoms with van der Waals surface area (Å²) in [7, 11) is 0. The van der Waals surface area contributed by atoms with Gasteiger partial charge in [0.05, 0.1) is 10.0 Å². The van der Waals surface area contributed by atoms with Crippen molar-refractivity contribution in [3.8, 4) is 0 Å². The van der Waals surface area contributed by atoms with Crippen molar-refractivity contribution in [2.45, 2.75) is 6.92 Å². The molecule has 0 radical (unpaired) electrons. The Kier molecular flexibility index (Phi) is 3.75. The van der Waals surface area contributed by atoms with Gasteiger partial charge in [-0.1, -0.05) is 34.5 Å². The lowest BCUT2D eigenvalue weighted by molar-refractivity contribution is 0.103. The number of hydrogen-bond donors (Lipinski definition) is 2. The highest BCUT2D eigenvalue weighted by atomic mass is 35.5. The van der Waals surface area contributed by atoms with Crippen LogP contribution in [0.2, 0.25) is 10.0 Å². The van der Waals surface area contributed by atoms with Crippen molar-refractivity contribution in [1.29, 1.82) is 0 Å². The van der Waals surface area contributed by atoms with Gasteiger partial charge in [0.15, 0.2) is 0 Å². The number of amides is 1. The van der Waals surface area contributed by atoms with E-state index in [0.29, 0.717) is 26.3 Å². The number of carbonyl (C=O) groups excluding carboxylic acids is 1. The van der Waals surface area contributed by atoms with E-state index < -0.39 is 0 Å². The molecule has 1 aromatic carbocycles. The number of nitrogens with one attached hydrogen (secondary N) is 2. The zero-order valence-electron chi connectivity index (χ0n) is 9.21. The van der Waals surface area contributed by atoms with Gasteiger partial charge >= 0.3 is 4.87 Å². The first-order valence-corrected chi connectivity index (χ1v) is 6.50. The van der Waals surface area contributed by atoms with E-state index in [1.165, 1.54) is 0 Å². The summed E-state index contributed by atoms with van der Waals surface area (Å²) in [5, 5.41) is 3.42. The summed E-state index contributed by atoms with van der Waals surface area (Å²) in [5.41, 5.74) is 1.07. The van der Waals surface area contributed by atoms with Crippen molar-refractivity contribution in [2.75, 3.05) is 5.32 Å². The Hall–Kier alpha value is -1.30. The molecule has 0 saturated carbocycles. The van der Waals surface area contributed by atoms with Crippen LogP contribution in [0.5, 0.6) is 0 Å². The van der Waals surface area contributed by atoms with E-state index in [1.807, 2.05) is 0 Å².